The second kappa shape index (κ2) is 8.01. The highest BCUT2D eigenvalue weighted by atomic mass is 16.2. The van der Waals surface area contributed by atoms with Gasteiger partial charge in [-0.3, -0.25) is 14.8 Å². The number of nitrogens with one attached hydrogen (secondary N) is 1. The third kappa shape index (κ3) is 4.26. The first-order chi connectivity index (χ1) is 15.7. The largest absolute Gasteiger partial charge is 0.350 e. The van der Waals surface area contributed by atoms with Crippen molar-refractivity contribution < 1.29 is 4.79 Å². The number of aryl methyl sites for hydroxylation is 1. The van der Waals surface area contributed by atoms with E-state index < -0.39 is 5.11 Å². The molecule has 158 valence electrons. The fourth-order valence-electron chi connectivity index (χ4n) is 4.28. The van der Waals surface area contributed by atoms with Crippen molar-refractivity contribution >= 4 is 35.3 Å². The van der Waals surface area contributed by atoms with Crippen molar-refractivity contribution in [2.45, 2.75) is 43.4 Å². The molecule has 33 heavy (non-hydrogen) atoms. The lowest BCUT2D eigenvalue weighted by molar-refractivity contribution is 0.0924. The van der Waals surface area contributed by atoms with E-state index in [-0.39, 0.29) is 11.4 Å². The lowest BCUT2D eigenvalue weighted by Crippen LogP contribution is -2.36. The Bertz CT molecular complexity index is 1210. The van der Waals surface area contributed by atoms with Crippen LogP contribution in [0, 0.1) is 6.92 Å². The molecule has 10 heteroatoms. The zero-order valence-electron chi connectivity index (χ0n) is 18.5. The summed E-state index contributed by atoms with van der Waals surface area (Å²) in [7, 11) is 17.5. The summed E-state index contributed by atoms with van der Waals surface area (Å²) >= 11 is 0. The van der Waals surface area contributed by atoms with Crippen LogP contribution in [0.1, 0.15) is 51.3 Å². The van der Waals surface area contributed by atoms with E-state index in [4.69, 9.17) is 23.5 Å². The molecule has 5 rings (SSSR count). The van der Waals surface area contributed by atoms with Gasteiger partial charge in [-0.2, -0.15) is 0 Å². The van der Waals surface area contributed by atoms with E-state index in [1.165, 1.54) is 0 Å². The second-order valence-corrected chi connectivity index (χ2v) is 8.95. The molecule has 1 amide bonds. The number of rotatable bonds is 5. The molecule has 0 aromatic carbocycles. The third-order valence-electron chi connectivity index (χ3n) is 6.35. The lowest BCUT2D eigenvalue weighted by Gasteiger charge is -2.31. The maximum absolute atomic E-state index is 12.9. The van der Waals surface area contributed by atoms with Gasteiger partial charge in [-0.05, 0) is 54.2 Å². The van der Waals surface area contributed by atoms with Crippen LogP contribution in [-0.2, 0) is 23.6 Å². The topological polar surface area (TPSA) is 83.9 Å². The number of amides is 1. The number of carbonyl (C=O) groups is 1. The van der Waals surface area contributed by atoms with Crippen molar-refractivity contribution in [2.75, 3.05) is 11.4 Å². The van der Waals surface area contributed by atoms with Gasteiger partial charge in [0.15, 0.2) is 11.5 Å². The molecule has 2 aliphatic rings. The minimum Gasteiger partial charge on any atom is -0.350 e. The van der Waals surface area contributed by atoms with Crippen molar-refractivity contribution in [3.63, 3.8) is 0 Å². The maximum atomic E-state index is 12.9. The third-order valence-corrected chi connectivity index (χ3v) is 6.35. The summed E-state index contributed by atoms with van der Waals surface area (Å²) in [6.07, 6.45) is 7.67. The predicted octanol–water partition coefficient (Wildman–Crippen LogP) is 1.17. The van der Waals surface area contributed by atoms with Crippen LogP contribution in [0.25, 0.3) is 0 Å². The molecular formula is C23H21B3N6O. The lowest BCUT2D eigenvalue weighted by atomic mass is 9.40. The first-order valence-electron chi connectivity index (χ1n) is 10.9. The highest BCUT2D eigenvalue weighted by molar-refractivity contribution is 6.58. The molecule has 1 aliphatic carbocycles. The minimum absolute atomic E-state index is 0.235. The number of pyridine rings is 2. The first kappa shape index (κ1) is 21.7. The number of nitrogens with zero attached hydrogens (tertiary/aromatic N) is 5. The average molecular weight is 430 g/mol. The standard InChI is InChI=1S/C23H21B3N6O/c1-14-9-19(21(33)29-22(5-6-22)16-3-2-7-27-11-16)30-31-20(14)32-8-4-18-15(13-32)10-17(12-28-18)23(24,25)26/h2-3,7,9-12H,4-6,8,13H2,1H3,(H,29,33). The molecule has 0 atom stereocenters. The predicted molar refractivity (Wildman–Crippen MR) is 127 cm³/mol. The van der Waals surface area contributed by atoms with Gasteiger partial charge in [-0.1, -0.05) is 12.1 Å². The zero-order valence-corrected chi connectivity index (χ0v) is 18.5. The monoisotopic (exact) mass is 430 g/mol. The van der Waals surface area contributed by atoms with Crippen molar-refractivity contribution in [1.82, 2.24) is 25.5 Å². The Kier molecular flexibility index (Phi) is 5.26. The van der Waals surface area contributed by atoms with Gasteiger partial charge in [0.25, 0.3) is 5.91 Å². The van der Waals surface area contributed by atoms with Gasteiger partial charge in [0.05, 0.1) is 29.1 Å². The molecule has 1 fully saturated rings. The summed E-state index contributed by atoms with van der Waals surface area (Å²) in [5, 5.41) is 10.3. The SMILES string of the molecule is [B]C([B])([B])c1cnc2c(c1)CN(c1nnc(C(=O)NC3(c4cccnc4)CC3)cc1C)CC2. The average Bonchev–Trinajstić information content (AvgIpc) is 3.59. The Morgan fingerprint density at radius 2 is 2.00 bits per heavy atom. The molecule has 1 aliphatic heterocycles. The molecule has 3 aromatic rings. The van der Waals surface area contributed by atoms with Gasteiger partial charge in [-0.25, -0.2) is 0 Å². The van der Waals surface area contributed by atoms with Gasteiger partial charge in [0.1, 0.15) is 0 Å². The number of carbonyl (C=O) groups excluding carboxylic acids is 1. The Hall–Kier alpha value is -3.16. The van der Waals surface area contributed by atoms with E-state index in [2.05, 4.69) is 30.4 Å². The second-order valence-electron chi connectivity index (χ2n) is 8.95. The molecule has 0 unspecified atom stereocenters. The van der Waals surface area contributed by atoms with Crippen molar-refractivity contribution in [3.05, 3.63) is 76.5 Å². The summed E-state index contributed by atoms with van der Waals surface area (Å²) in [6, 6.07) is 7.54. The molecule has 0 bridgehead atoms. The number of anilines is 1. The summed E-state index contributed by atoms with van der Waals surface area (Å²) in [5.74, 6) is 0.497. The van der Waals surface area contributed by atoms with E-state index in [1.54, 1.807) is 24.7 Å². The van der Waals surface area contributed by atoms with E-state index in [1.807, 2.05) is 25.1 Å². The van der Waals surface area contributed by atoms with Gasteiger partial charge >= 0.3 is 0 Å². The number of hydrogen-bond acceptors (Lipinski definition) is 6. The molecule has 7 nitrogen and oxygen atoms in total. The van der Waals surface area contributed by atoms with E-state index in [0.717, 1.165) is 54.0 Å². The Labute approximate surface area is 197 Å². The molecule has 3 aromatic heterocycles. The van der Waals surface area contributed by atoms with Crippen molar-refractivity contribution in [1.29, 1.82) is 0 Å². The van der Waals surface area contributed by atoms with Crippen LogP contribution in [0.4, 0.5) is 5.82 Å². The highest BCUT2D eigenvalue weighted by Gasteiger charge is 2.46. The summed E-state index contributed by atoms with van der Waals surface area (Å²) in [6.45, 7) is 3.25. The van der Waals surface area contributed by atoms with Gasteiger partial charge < -0.3 is 10.2 Å². The Morgan fingerprint density at radius 1 is 1.18 bits per heavy atom. The van der Waals surface area contributed by atoms with Crippen molar-refractivity contribution in [2.24, 2.45) is 0 Å². The molecule has 0 spiro atoms. The normalized spacial score (nSPS) is 16.7. The zero-order chi connectivity index (χ0) is 23.2. The first-order valence-corrected chi connectivity index (χ1v) is 10.9. The van der Waals surface area contributed by atoms with Crippen LogP contribution in [0.3, 0.4) is 0 Å². The van der Waals surface area contributed by atoms with Crippen LogP contribution in [0.2, 0.25) is 0 Å². The molecular weight excluding hydrogens is 409 g/mol. The molecule has 1 N–H and O–H groups in total. The van der Waals surface area contributed by atoms with Crippen LogP contribution < -0.4 is 10.2 Å². The molecule has 1 saturated carbocycles. The minimum atomic E-state index is -1.44. The van der Waals surface area contributed by atoms with Gasteiger partial charge in [0, 0.05) is 43.8 Å². The van der Waals surface area contributed by atoms with Crippen LogP contribution in [0.5, 0.6) is 0 Å². The van der Waals surface area contributed by atoms with E-state index in [9.17, 15) is 4.79 Å². The molecule has 6 radical (unpaired) electrons. The van der Waals surface area contributed by atoms with Crippen molar-refractivity contribution in [3.8, 4) is 0 Å². The fourth-order valence-corrected chi connectivity index (χ4v) is 4.28. The Morgan fingerprint density at radius 3 is 2.67 bits per heavy atom. The molecule has 0 saturated heterocycles. The number of fused-ring (bicyclic) bond motifs is 1. The number of aromatic nitrogens is 4. The number of hydrogen-bond donors (Lipinski definition) is 1. The van der Waals surface area contributed by atoms with Gasteiger partial charge in [-0.15, -0.1) is 15.3 Å². The summed E-state index contributed by atoms with van der Waals surface area (Å²) in [5.41, 5.74) is 4.39. The van der Waals surface area contributed by atoms with Crippen LogP contribution in [-0.4, -0.2) is 56.2 Å². The van der Waals surface area contributed by atoms with Crippen LogP contribution >= 0.6 is 0 Å². The van der Waals surface area contributed by atoms with E-state index in [0.29, 0.717) is 17.8 Å². The maximum Gasteiger partial charge on any atom is 0.272 e. The van der Waals surface area contributed by atoms with Gasteiger partial charge in [0.2, 0.25) is 0 Å². The smallest absolute Gasteiger partial charge is 0.272 e. The quantitative estimate of drug-likeness (QED) is 0.613. The highest BCUT2D eigenvalue weighted by Crippen LogP contribution is 2.45. The fraction of sp³-hybridized carbons (Fsp3) is 0.348. The Balaban J connectivity index is 1.33. The summed E-state index contributed by atoms with van der Waals surface area (Å²) in [4.78, 5) is 23.7. The van der Waals surface area contributed by atoms with Crippen LogP contribution in [0.15, 0.2) is 42.9 Å². The van der Waals surface area contributed by atoms with E-state index >= 15 is 0 Å². The molecule has 4 heterocycles. The summed E-state index contributed by atoms with van der Waals surface area (Å²) < 4.78 is 0.